The zero-order valence-electron chi connectivity index (χ0n) is 10.9. The summed E-state index contributed by atoms with van der Waals surface area (Å²) in [5, 5.41) is 8.90. The highest BCUT2D eigenvalue weighted by Gasteiger charge is 2.17. The van der Waals surface area contributed by atoms with Gasteiger partial charge >= 0.3 is 0 Å². The number of halogens is 2. The number of aliphatic hydroxyl groups excluding tert-OH is 1. The van der Waals surface area contributed by atoms with E-state index in [4.69, 9.17) is 5.11 Å². The van der Waals surface area contributed by atoms with Gasteiger partial charge in [0.1, 0.15) is 17.3 Å². The van der Waals surface area contributed by atoms with Gasteiger partial charge in [-0.15, -0.1) is 0 Å². The number of hydrogen-bond acceptors (Lipinski definition) is 3. The SMILES string of the molecule is O=S(=O)(Cc1ccc(CO)cc1)Nc1c(F)cccc1F. The molecule has 0 fully saturated rings. The Morgan fingerprint density at radius 2 is 1.48 bits per heavy atom. The molecule has 0 radical (unpaired) electrons. The van der Waals surface area contributed by atoms with E-state index < -0.39 is 33.1 Å². The van der Waals surface area contributed by atoms with Crippen molar-refractivity contribution in [2.45, 2.75) is 12.4 Å². The van der Waals surface area contributed by atoms with E-state index in [0.717, 1.165) is 18.2 Å². The lowest BCUT2D eigenvalue weighted by molar-refractivity contribution is 0.282. The van der Waals surface area contributed by atoms with Gasteiger partial charge in [0.25, 0.3) is 0 Å². The van der Waals surface area contributed by atoms with Gasteiger partial charge in [0.15, 0.2) is 0 Å². The zero-order chi connectivity index (χ0) is 15.5. The van der Waals surface area contributed by atoms with Crippen molar-refractivity contribution in [3.63, 3.8) is 0 Å². The Balaban J connectivity index is 2.18. The lowest BCUT2D eigenvalue weighted by Gasteiger charge is -2.10. The second-order valence-electron chi connectivity index (χ2n) is 4.43. The molecule has 4 nitrogen and oxygen atoms in total. The van der Waals surface area contributed by atoms with Crippen LogP contribution in [0.15, 0.2) is 42.5 Å². The van der Waals surface area contributed by atoms with Crippen LogP contribution in [0.1, 0.15) is 11.1 Å². The standard InChI is InChI=1S/C14H13F2NO3S/c15-12-2-1-3-13(16)14(12)17-21(19,20)9-11-6-4-10(8-18)5-7-11/h1-7,17-18H,8-9H2. The molecular formula is C14H13F2NO3S. The van der Waals surface area contributed by atoms with Crippen LogP contribution in [-0.2, 0) is 22.4 Å². The molecule has 0 saturated carbocycles. The molecule has 0 atom stereocenters. The van der Waals surface area contributed by atoms with Crippen LogP contribution in [0.4, 0.5) is 14.5 Å². The minimum Gasteiger partial charge on any atom is -0.392 e. The Hall–Kier alpha value is -1.99. The van der Waals surface area contributed by atoms with Gasteiger partial charge < -0.3 is 5.11 Å². The summed E-state index contributed by atoms with van der Waals surface area (Å²) in [6.07, 6.45) is 0. The van der Waals surface area contributed by atoms with Crippen LogP contribution >= 0.6 is 0 Å². The molecule has 0 heterocycles. The topological polar surface area (TPSA) is 66.4 Å². The number of benzene rings is 2. The van der Waals surface area contributed by atoms with E-state index in [9.17, 15) is 17.2 Å². The number of para-hydroxylation sites is 1. The molecule has 0 saturated heterocycles. The molecule has 2 aromatic carbocycles. The summed E-state index contributed by atoms with van der Waals surface area (Å²) in [4.78, 5) is 0. The summed E-state index contributed by atoms with van der Waals surface area (Å²) in [5.41, 5.74) is 0.394. The number of sulfonamides is 1. The second kappa shape index (κ2) is 6.19. The summed E-state index contributed by atoms with van der Waals surface area (Å²) >= 11 is 0. The number of hydrogen-bond donors (Lipinski definition) is 2. The lowest BCUT2D eigenvalue weighted by atomic mass is 10.2. The smallest absolute Gasteiger partial charge is 0.237 e. The van der Waals surface area contributed by atoms with Crippen LogP contribution in [-0.4, -0.2) is 13.5 Å². The Bertz CT molecular complexity index is 710. The fourth-order valence-corrected chi connectivity index (χ4v) is 2.96. The van der Waals surface area contributed by atoms with E-state index in [1.807, 2.05) is 4.72 Å². The largest absolute Gasteiger partial charge is 0.392 e. The summed E-state index contributed by atoms with van der Waals surface area (Å²) in [6, 6.07) is 9.30. The first-order valence-electron chi connectivity index (χ1n) is 6.04. The van der Waals surface area contributed by atoms with Crippen molar-refractivity contribution in [1.82, 2.24) is 0 Å². The van der Waals surface area contributed by atoms with Crippen LogP contribution in [0.2, 0.25) is 0 Å². The van der Waals surface area contributed by atoms with E-state index in [1.54, 1.807) is 12.1 Å². The molecule has 2 aromatic rings. The quantitative estimate of drug-likeness (QED) is 0.891. The number of aliphatic hydroxyl groups is 1. The summed E-state index contributed by atoms with van der Waals surface area (Å²) < 4.78 is 52.6. The predicted octanol–water partition coefficient (Wildman–Crippen LogP) is 2.40. The molecule has 0 aliphatic rings. The van der Waals surface area contributed by atoms with Gasteiger partial charge in [0.05, 0.1) is 12.4 Å². The average Bonchev–Trinajstić information content (AvgIpc) is 2.43. The van der Waals surface area contributed by atoms with Crippen molar-refractivity contribution in [1.29, 1.82) is 0 Å². The number of nitrogens with one attached hydrogen (secondary N) is 1. The van der Waals surface area contributed by atoms with Crippen LogP contribution in [0.3, 0.4) is 0 Å². The molecule has 0 aliphatic carbocycles. The maximum Gasteiger partial charge on any atom is 0.237 e. The Kier molecular flexibility index (Phi) is 4.54. The van der Waals surface area contributed by atoms with Gasteiger partial charge in [-0.3, -0.25) is 4.72 Å². The normalized spacial score (nSPS) is 11.4. The summed E-state index contributed by atoms with van der Waals surface area (Å²) in [6.45, 7) is -0.147. The molecule has 0 amide bonds. The van der Waals surface area contributed by atoms with Gasteiger partial charge in [-0.05, 0) is 23.3 Å². The van der Waals surface area contributed by atoms with Crippen LogP contribution in [0.5, 0.6) is 0 Å². The van der Waals surface area contributed by atoms with Crippen LogP contribution in [0, 0.1) is 11.6 Å². The zero-order valence-corrected chi connectivity index (χ0v) is 11.7. The molecule has 0 bridgehead atoms. The monoisotopic (exact) mass is 313 g/mol. The average molecular weight is 313 g/mol. The first-order valence-corrected chi connectivity index (χ1v) is 7.70. The van der Waals surface area contributed by atoms with E-state index in [1.165, 1.54) is 12.1 Å². The molecule has 0 spiro atoms. The summed E-state index contributed by atoms with van der Waals surface area (Å²) in [7, 11) is -3.94. The molecule has 112 valence electrons. The van der Waals surface area contributed by atoms with Crippen LogP contribution < -0.4 is 4.72 Å². The fraction of sp³-hybridized carbons (Fsp3) is 0.143. The highest BCUT2D eigenvalue weighted by molar-refractivity contribution is 7.91. The number of rotatable bonds is 5. The fourth-order valence-electron chi connectivity index (χ4n) is 1.75. The molecule has 21 heavy (non-hydrogen) atoms. The van der Waals surface area contributed by atoms with Crippen LogP contribution in [0.25, 0.3) is 0 Å². The predicted molar refractivity (Wildman–Crippen MR) is 75.0 cm³/mol. The highest BCUT2D eigenvalue weighted by atomic mass is 32.2. The Morgan fingerprint density at radius 1 is 0.952 bits per heavy atom. The third-order valence-corrected chi connectivity index (χ3v) is 4.01. The van der Waals surface area contributed by atoms with Gasteiger partial charge in [0.2, 0.25) is 10.0 Å². The van der Waals surface area contributed by atoms with E-state index in [2.05, 4.69) is 0 Å². The van der Waals surface area contributed by atoms with E-state index in [0.29, 0.717) is 11.1 Å². The minimum absolute atomic E-state index is 0.147. The number of anilines is 1. The maximum atomic E-state index is 13.4. The molecular weight excluding hydrogens is 300 g/mol. The van der Waals surface area contributed by atoms with Gasteiger partial charge in [-0.25, -0.2) is 17.2 Å². The van der Waals surface area contributed by atoms with Gasteiger partial charge in [0, 0.05) is 0 Å². The highest BCUT2D eigenvalue weighted by Crippen LogP contribution is 2.20. The third kappa shape index (κ3) is 3.99. The van der Waals surface area contributed by atoms with Gasteiger partial charge in [-0.1, -0.05) is 30.3 Å². The second-order valence-corrected chi connectivity index (χ2v) is 6.15. The molecule has 2 rings (SSSR count). The van der Waals surface area contributed by atoms with Crippen molar-refractivity contribution >= 4 is 15.7 Å². The van der Waals surface area contributed by atoms with Gasteiger partial charge in [-0.2, -0.15) is 0 Å². The van der Waals surface area contributed by atoms with Crippen molar-refractivity contribution in [2.24, 2.45) is 0 Å². The third-order valence-electron chi connectivity index (χ3n) is 2.78. The van der Waals surface area contributed by atoms with E-state index in [-0.39, 0.29) is 6.61 Å². The maximum absolute atomic E-state index is 13.4. The molecule has 2 N–H and O–H groups in total. The van der Waals surface area contributed by atoms with E-state index >= 15 is 0 Å². The first kappa shape index (κ1) is 15.4. The molecule has 0 unspecified atom stereocenters. The van der Waals surface area contributed by atoms with Crippen molar-refractivity contribution in [2.75, 3.05) is 4.72 Å². The summed E-state index contributed by atoms with van der Waals surface area (Å²) in [5.74, 6) is -2.38. The molecule has 0 aliphatic heterocycles. The van der Waals surface area contributed by atoms with Crippen molar-refractivity contribution < 1.29 is 22.3 Å². The Morgan fingerprint density at radius 3 is 2.00 bits per heavy atom. The lowest BCUT2D eigenvalue weighted by Crippen LogP contribution is -2.17. The minimum atomic E-state index is -3.94. The molecule has 0 aromatic heterocycles. The first-order chi connectivity index (χ1) is 9.91. The van der Waals surface area contributed by atoms with Crippen molar-refractivity contribution in [3.8, 4) is 0 Å². The molecule has 7 heteroatoms. The van der Waals surface area contributed by atoms with Crippen molar-refractivity contribution in [3.05, 3.63) is 65.2 Å². The Labute approximate surface area is 121 Å².